The second-order valence-corrected chi connectivity index (χ2v) is 3.09. The Morgan fingerprint density at radius 1 is 1.08 bits per heavy atom. The fraction of sp³-hybridized carbons (Fsp3) is 1.00. The molecule has 1 rings (SSSR count). The average molecular weight is 193 g/mol. The van der Waals surface area contributed by atoms with Crippen molar-refractivity contribution in [1.82, 2.24) is 5.32 Å². The van der Waals surface area contributed by atoms with E-state index in [0.717, 1.165) is 0 Å². The van der Waals surface area contributed by atoms with Crippen molar-refractivity contribution >= 4 is 0 Å². The first kappa shape index (κ1) is 10.8. The van der Waals surface area contributed by atoms with Gasteiger partial charge in [0.25, 0.3) is 0 Å². The van der Waals surface area contributed by atoms with Crippen LogP contribution in [-0.4, -0.2) is 64.7 Å². The third-order valence-corrected chi connectivity index (χ3v) is 2.09. The normalized spacial score (nSPS) is 46.4. The van der Waals surface area contributed by atoms with Gasteiger partial charge in [0.1, 0.15) is 24.4 Å². The molecule has 1 fully saturated rings. The Bertz CT molecular complexity index is 167. The minimum atomic E-state index is -1.46. The minimum Gasteiger partial charge on any atom is -0.388 e. The predicted molar refractivity (Wildman–Crippen MR) is 42.8 cm³/mol. The summed E-state index contributed by atoms with van der Waals surface area (Å²) in [5, 5.41) is 39.5. The Morgan fingerprint density at radius 2 is 1.69 bits per heavy atom. The molecule has 1 aliphatic heterocycles. The number of hydrogen-bond donors (Lipinski definition) is 5. The summed E-state index contributed by atoms with van der Waals surface area (Å²) in [6.07, 6.45) is -6.17. The monoisotopic (exact) mass is 193 g/mol. The van der Waals surface area contributed by atoms with Gasteiger partial charge in [0.15, 0.2) is 6.29 Å². The van der Waals surface area contributed by atoms with Crippen molar-refractivity contribution in [3.63, 3.8) is 0 Å². The molecule has 13 heavy (non-hydrogen) atoms. The maximum atomic E-state index is 9.37. The number of nitrogens with one attached hydrogen (secondary N) is 1. The van der Waals surface area contributed by atoms with Crippen molar-refractivity contribution in [2.75, 3.05) is 13.6 Å². The van der Waals surface area contributed by atoms with E-state index in [1.165, 1.54) is 0 Å². The van der Waals surface area contributed by atoms with Gasteiger partial charge in [0.05, 0.1) is 0 Å². The minimum absolute atomic E-state index is 0.294. The molecule has 1 saturated heterocycles. The zero-order chi connectivity index (χ0) is 10.0. The SMILES string of the molecule is CNCC1OC(O)C(O)[C@H](O)C1O. The summed E-state index contributed by atoms with van der Waals surface area (Å²) in [6.45, 7) is 0.294. The van der Waals surface area contributed by atoms with Crippen LogP contribution in [-0.2, 0) is 4.74 Å². The molecule has 78 valence electrons. The van der Waals surface area contributed by atoms with Gasteiger partial charge in [0.2, 0.25) is 0 Å². The highest BCUT2D eigenvalue weighted by molar-refractivity contribution is 4.89. The van der Waals surface area contributed by atoms with Crippen LogP contribution in [0.1, 0.15) is 0 Å². The molecule has 5 atom stereocenters. The summed E-state index contributed by atoms with van der Waals surface area (Å²) in [4.78, 5) is 0. The van der Waals surface area contributed by atoms with E-state index in [4.69, 9.17) is 14.9 Å². The van der Waals surface area contributed by atoms with E-state index in [0.29, 0.717) is 6.54 Å². The van der Waals surface area contributed by atoms with E-state index in [1.54, 1.807) is 7.05 Å². The quantitative estimate of drug-likeness (QED) is 0.320. The lowest BCUT2D eigenvalue weighted by Crippen LogP contribution is -2.59. The van der Waals surface area contributed by atoms with E-state index in [2.05, 4.69) is 5.32 Å². The lowest BCUT2D eigenvalue weighted by atomic mass is 9.99. The first-order chi connectivity index (χ1) is 6.07. The maximum Gasteiger partial charge on any atom is 0.184 e. The van der Waals surface area contributed by atoms with E-state index in [-0.39, 0.29) is 0 Å². The lowest BCUT2D eigenvalue weighted by molar-refractivity contribution is -0.280. The highest BCUT2D eigenvalue weighted by Gasteiger charge is 2.42. The van der Waals surface area contributed by atoms with Crippen LogP contribution in [0.15, 0.2) is 0 Å². The van der Waals surface area contributed by atoms with Crippen LogP contribution in [0.25, 0.3) is 0 Å². The van der Waals surface area contributed by atoms with E-state index < -0.39 is 30.7 Å². The topological polar surface area (TPSA) is 102 Å². The highest BCUT2D eigenvalue weighted by Crippen LogP contribution is 2.18. The first-order valence-corrected chi connectivity index (χ1v) is 4.10. The Hall–Kier alpha value is -0.240. The number of ether oxygens (including phenoxy) is 1. The molecule has 0 amide bonds. The Labute approximate surface area is 75.8 Å². The zero-order valence-electron chi connectivity index (χ0n) is 7.29. The fourth-order valence-corrected chi connectivity index (χ4v) is 1.30. The van der Waals surface area contributed by atoms with Gasteiger partial charge >= 0.3 is 0 Å². The Morgan fingerprint density at radius 3 is 2.23 bits per heavy atom. The van der Waals surface area contributed by atoms with Crippen LogP contribution in [0.4, 0.5) is 0 Å². The molecule has 0 radical (unpaired) electrons. The predicted octanol–water partition coefficient (Wildman–Crippen LogP) is -2.99. The van der Waals surface area contributed by atoms with Crippen molar-refractivity contribution in [2.24, 2.45) is 0 Å². The molecular formula is C7H15NO5. The van der Waals surface area contributed by atoms with Gasteiger partial charge in [0, 0.05) is 6.54 Å². The van der Waals surface area contributed by atoms with Gasteiger partial charge < -0.3 is 30.5 Å². The van der Waals surface area contributed by atoms with E-state index >= 15 is 0 Å². The summed E-state index contributed by atoms with van der Waals surface area (Å²) in [5.74, 6) is 0. The molecule has 1 heterocycles. The first-order valence-electron chi connectivity index (χ1n) is 4.10. The van der Waals surface area contributed by atoms with Crippen molar-refractivity contribution in [1.29, 1.82) is 0 Å². The number of hydrogen-bond acceptors (Lipinski definition) is 6. The van der Waals surface area contributed by atoms with Crippen molar-refractivity contribution in [2.45, 2.75) is 30.7 Å². The van der Waals surface area contributed by atoms with Gasteiger partial charge in [-0.25, -0.2) is 0 Å². The summed E-state index contributed by atoms with van der Waals surface area (Å²) >= 11 is 0. The average Bonchev–Trinajstić information content (AvgIpc) is 2.11. The molecule has 0 aliphatic carbocycles. The van der Waals surface area contributed by atoms with Crippen molar-refractivity contribution in [3.8, 4) is 0 Å². The lowest BCUT2D eigenvalue weighted by Gasteiger charge is -2.38. The molecule has 0 spiro atoms. The number of aliphatic hydroxyl groups is 4. The van der Waals surface area contributed by atoms with Crippen LogP contribution in [0.2, 0.25) is 0 Å². The van der Waals surface area contributed by atoms with Crippen LogP contribution in [0, 0.1) is 0 Å². The van der Waals surface area contributed by atoms with Crippen LogP contribution in [0.3, 0.4) is 0 Å². The van der Waals surface area contributed by atoms with Gasteiger partial charge in [-0.3, -0.25) is 0 Å². The molecule has 0 aromatic carbocycles. The fourth-order valence-electron chi connectivity index (χ4n) is 1.30. The molecule has 1 aliphatic rings. The van der Waals surface area contributed by atoms with Gasteiger partial charge in [-0.2, -0.15) is 0 Å². The van der Waals surface area contributed by atoms with Crippen LogP contribution < -0.4 is 5.32 Å². The van der Waals surface area contributed by atoms with Crippen molar-refractivity contribution < 1.29 is 25.2 Å². The molecule has 5 N–H and O–H groups in total. The molecule has 6 heteroatoms. The number of aliphatic hydroxyl groups excluding tert-OH is 4. The molecule has 0 aromatic heterocycles. The third kappa shape index (κ3) is 2.16. The van der Waals surface area contributed by atoms with Crippen LogP contribution >= 0.6 is 0 Å². The highest BCUT2D eigenvalue weighted by atomic mass is 16.6. The summed E-state index contributed by atoms with van der Waals surface area (Å²) in [6, 6.07) is 0. The van der Waals surface area contributed by atoms with E-state index in [9.17, 15) is 10.2 Å². The molecule has 4 unspecified atom stereocenters. The second-order valence-electron chi connectivity index (χ2n) is 3.09. The number of rotatable bonds is 2. The smallest absolute Gasteiger partial charge is 0.184 e. The van der Waals surface area contributed by atoms with Crippen molar-refractivity contribution in [3.05, 3.63) is 0 Å². The standard InChI is InChI=1S/C7H15NO5/c1-8-2-3-4(9)5(10)6(11)7(12)13-3/h3-12H,2H2,1H3/t3?,4?,5-,6?,7?/m1/s1. The van der Waals surface area contributed by atoms with Crippen LogP contribution in [0.5, 0.6) is 0 Å². The largest absolute Gasteiger partial charge is 0.388 e. The third-order valence-electron chi connectivity index (χ3n) is 2.09. The molecule has 0 bridgehead atoms. The summed E-state index contributed by atoms with van der Waals surface area (Å²) in [7, 11) is 1.65. The van der Waals surface area contributed by atoms with Gasteiger partial charge in [-0.1, -0.05) is 0 Å². The van der Waals surface area contributed by atoms with Gasteiger partial charge in [-0.05, 0) is 7.05 Å². The summed E-state index contributed by atoms with van der Waals surface area (Å²) in [5.41, 5.74) is 0. The zero-order valence-corrected chi connectivity index (χ0v) is 7.29. The second kappa shape index (κ2) is 4.32. The Balaban J connectivity index is 2.59. The van der Waals surface area contributed by atoms with E-state index in [1.807, 2.05) is 0 Å². The molecule has 0 aromatic rings. The molecular weight excluding hydrogens is 178 g/mol. The molecule has 0 saturated carbocycles. The summed E-state index contributed by atoms with van der Waals surface area (Å²) < 4.78 is 4.85. The molecule has 6 nitrogen and oxygen atoms in total. The maximum absolute atomic E-state index is 9.37. The number of likely N-dealkylation sites (N-methyl/N-ethyl adjacent to an activating group) is 1. The van der Waals surface area contributed by atoms with Gasteiger partial charge in [-0.15, -0.1) is 0 Å². The Kier molecular flexibility index (Phi) is 3.60.